The van der Waals surface area contributed by atoms with Crippen LogP contribution < -0.4 is 14.9 Å². The van der Waals surface area contributed by atoms with Gasteiger partial charge in [0.15, 0.2) is 21.2 Å². The Bertz CT molecular complexity index is 2690. The molecule has 0 amide bonds. The number of para-hydroxylation sites is 1. The minimum atomic E-state index is -4.74. The summed E-state index contributed by atoms with van der Waals surface area (Å²) in [6.45, 7) is 14.3. The summed E-state index contributed by atoms with van der Waals surface area (Å²) >= 11 is 0. The molecule has 1 aromatic heterocycles. The molecule has 0 atom stereocenters. The highest BCUT2D eigenvalue weighted by Gasteiger charge is 2.25. The molecule has 0 aliphatic heterocycles. The molecule has 0 radical (unpaired) electrons. The molecule has 0 spiro atoms. The Morgan fingerprint density at radius 3 is 1.91 bits per heavy atom. The summed E-state index contributed by atoms with van der Waals surface area (Å²) < 4.78 is 145. The van der Waals surface area contributed by atoms with E-state index in [0.717, 1.165) is 37.4 Å². The molecule has 4 N–H and O–H groups in total. The molecule has 0 saturated carbocycles. The van der Waals surface area contributed by atoms with E-state index >= 15 is 0 Å². The fourth-order valence-corrected chi connectivity index (χ4v) is 7.88. The molecular weight excluding hydrogens is 805 g/mol. The second-order valence-electron chi connectivity index (χ2n) is 10.0. The van der Waals surface area contributed by atoms with Gasteiger partial charge in [0.2, 0.25) is 27.9 Å². The van der Waals surface area contributed by atoms with E-state index in [1.807, 2.05) is 0 Å². The molecule has 4 aromatic rings. The number of benzene rings is 3. The van der Waals surface area contributed by atoms with E-state index in [1.165, 1.54) is 36.4 Å². The number of aromatic nitrogens is 3. The molecule has 21 nitrogen and oxygen atoms in total. The number of nitrogens with one attached hydrogen (secondary N) is 2. The van der Waals surface area contributed by atoms with Gasteiger partial charge in [-0.25, -0.2) is 21.1 Å². The molecule has 53 heavy (non-hydrogen) atoms. The van der Waals surface area contributed by atoms with E-state index in [9.17, 15) is 42.8 Å². The first kappa shape index (κ1) is 41.8. The van der Waals surface area contributed by atoms with Crippen LogP contribution in [0.25, 0.3) is 9.69 Å². The van der Waals surface area contributed by atoms with Gasteiger partial charge >= 0.3 is 10.6 Å². The van der Waals surface area contributed by atoms with E-state index in [1.54, 1.807) is 0 Å². The zero-order chi connectivity index (χ0) is 39.8. The van der Waals surface area contributed by atoms with Gasteiger partial charge in [-0.1, -0.05) is 30.3 Å². The van der Waals surface area contributed by atoms with Crippen LogP contribution in [0.3, 0.4) is 0 Å². The maximum absolute atomic E-state index is 13.3. The summed E-state index contributed by atoms with van der Waals surface area (Å²) in [6, 6.07) is 13.2. The first-order valence-corrected chi connectivity index (χ1v) is 21.0. The summed E-state index contributed by atoms with van der Waals surface area (Å²) in [4.78, 5) is 17.2. The average molecular weight is 829 g/mol. The summed E-state index contributed by atoms with van der Waals surface area (Å²) in [5, 5.41) is 5.22. The molecule has 0 unspecified atom stereocenters. The van der Waals surface area contributed by atoms with E-state index in [4.69, 9.17) is 25.8 Å². The van der Waals surface area contributed by atoms with Crippen LogP contribution in [0.1, 0.15) is 6.42 Å². The van der Waals surface area contributed by atoms with Crippen molar-refractivity contribution in [2.75, 3.05) is 33.5 Å². The smallest absolute Gasteiger partial charge is 0.324 e. The lowest BCUT2D eigenvalue weighted by molar-refractivity contribution is 0.481. The standard InChI is InChI=1S/C27H24N8O10S4.O3S/c1-28-21-13-12-19(17-23(21)29-2)46(36,37)14-7-15-47(38,39)35(3)27-33-25(30-18-8-6-9-20(16-18)48(40,41)42)32-26(34-27)31-22-10-4-5-11-24(22)49(43,44)45;1-4(2)3/h4-6,8-13,16-17H,7,14-15H2,3H3,(H,40,41,42)(H,43,44,45)(H2,30,31,32,33,34);. The number of sulfonamides is 1. The van der Waals surface area contributed by atoms with Gasteiger partial charge in [-0.15, -0.1) is 12.6 Å². The van der Waals surface area contributed by atoms with E-state index < -0.39 is 90.3 Å². The molecule has 0 aliphatic carbocycles. The SMILES string of the molecule is O=S(=O)=O.[C-]#[N+]c1ccc(S(=O)(=O)CCCS(=O)(=O)N(C)c2nc(Nc3cccc(S(=O)(=O)O)c3)nc(Nc3ccccc3S(=O)(=O)O)n2)cc1[N+]#[C-]. The number of hydrogen-bond acceptors (Lipinski definition) is 16. The lowest BCUT2D eigenvalue weighted by Gasteiger charge is -2.19. The molecule has 3 aromatic carbocycles. The molecule has 0 saturated heterocycles. The van der Waals surface area contributed by atoms with Crippen LogP contribution in [0.15, 0.2) is 81.4 Å². The van der Waals surface area contributed by atoms with E-state index in [-0.39, 0.29) is 33.6 Å². The lowest BCUT2D eigenvalue weighted by Crippen LogP contribution is -2.31. The van der Waals surface area contributed by atoms with Crippen molar-refractivity contribution in [2.45, 2.75) is 21.1 Å². The molecule has 4 rings (SSSR count). The van der Waals surface area contributed by atoms with Crippen molar-refractivity contribution in [1.82, 2.24) is 15.0 Å². The number of anilines is 5. The first-order valence-electron chi connectivity index (χ1n) is 13.9. The normalized spacial score (nSPS) is 11.6. The number of nitrogens with zero attached hydrogens (tertiary/aromatic N) is 6. The summed E-state index contributed by atoms with van der Waals surface area (Å²) in [7, 11) is -19.8. The van der Waals surface area contributed by atoms with Gasteiger partial charge in [0.05, 0.1) is 40.1 Å². The van der Waals surface area contributed by atoms with Crippen LogP contribution in [-0.4, -0.2) is 88.9 Å². The van der Waals surface area contributed by atoms with Crippen LogP contribution in [0, 0.1) is 13.1 Å². The monoisotopic (exact) mass is 828 g/mol. The van der Waals surface area contributed by atoms with Gasteiger partial charge in [0.1, 0.15) is 4.90 Å². The third-order valence-electron chi connectivity index (χ3n) is 6.48. The molecule has 0 aliphatic rings. The van der Waals surface area contributed by atoms with Crippen LogP contribution in [-0.2, 0) is 50.7 Å². The Hall–Kier alpha value is -5.61. The highest BCUT2D eigenvalue weighted by molar-refractivity contribution is 7.93. The van der Waals surface area contributed by atoms with Gasteiger partial charge in [-0.3, -0.25) is 18.8 Å². The second-order valence-corrected chi connectivity index (χ2v) is 17.5. The molecule has 280 valence electrons. The summed E-state index contributed by atoms with van der Waals surface area (Å²) in [6.07, 6.45) is -0.404. The second kappa shape index (κ2) is 16.8. The molecule has 1 heterocycles. The van der Waals surface area contributed by atoms with Gasteiger partial charge in [0, 0.05) is 12.7 Å². The Kier molecular flexibility index (Phi) is 13.3. The van der Waals surface area contributed by atoms with Crippen molar-refractivity contribution in [2.24, 2.45) is 0 Å². The van der Waals surface area contributed by atoms with Crippen LogP contribution in [0.5, 0.6) is 0 Å². The Labute approximate surface area is 304 Å². The van der Waals surface area contributed by atoms with Crippen LogP contribution >= 0.6 is 0 Å². The van der Waals surface area contributed by atoms with Gasteiger partial charge in [-0.2, -0.15) is 31.8 Å². The van der Waals surface area contributed by atoms with Crippen molar-refractivity contribution >= 4 is 91.3 Å². The quantitative estimate of drug-likeness (QED) is 0.111. The Morgan fingerprint density at radius 1 is 0.717 bits per heavy atom. The van der Waals surface area contributed by atoms with Gasteiger partial charge < -0.3 is 10.6 Å². The third-order valence-corrected chi connectivity index (χ3v) is 11.8. The van der Waals surface area contributed by atoms with E-state index in [2.05, 4.69) is 35.3 Å². The van der Waals surface area contributed by atoms with Gasteiger partial charge in [-0.05, 0) is 42.8 Å². The molecule has 0 bridgehead atoms. The Morgan fingerprint density at radius 2 is 1.32 bits per heavy atom. The predicted molar refractivity (Wildman–Crippen MR) is 186 cm³/mol. The molecule has 0 fully saturated rings. The maximum atomic E-state index is 13.3. The zero-order valence-electron chi connectivity index (χ0n) is 26.6. The van der Waals surface area contributed by atoms with Crippen molar-refractivity contribution in [3.8, 4) is 0 Å². The summed E-state index contributed by atoms with van der Waals surface area (Å²) in [5.41, 5.74) is -0.386. The fraction of sp³-hybridized carbons (Fsp3) is 0.148. The maximum Gasteiger partial charge on any atom is 0.425 e. The average Bonchev–Trinajstić information content (AvgIpc) is 3.06. The zero-order valence-corrected chi connectivity index (χ0v) is 30.7. The predicted octanol–water partition coefficient (Wildman–Crippen LogP) is 2.58. The number of sulfone groups is 1. The van der Waals surface area contributed by atoms with Gasteiger partial charge in [0.25, 0.3) is 20.2 Å². The van der Waals surface area contributed by atoms with Crippen LogP contribution in [0.2, 0.25) is 0 Å². The van der Waals surface area contributed by atoms with Crippen molar-refractivity contribution in [3.05, 3.63) is 89.6 Å². The van der Waals surface area contributed by atoms with Crippen molar-refractivity contribution in [1.29, 1.82) is 0 Å². The minimum absolute atomic E-state index is 0.0260. The third kappa shape index (κ3) is 11.7. The van der Waals surface area contributed by atoms with Crippen molar-refractivity contribution in [3.63, 3.8) is 0 Å². The molecular formula is C27H24N8O13S5. The fourth-order valence-electron chi connectivity index (χ4n) is 4.09. The Balaban J connectivity index is 0.00000180. The number of hydrogen-bond donors (Lipinski definition) is 4. The lowest BCUT2D eigenvalue weighted by atomic mass is 10.3. The van der Waals surface area contributed by atoms with Crippen molar-refractivity contribution < 1.29 is 55.4 Å². The van der Waals surface area contributed by atoms with E-state index in [0.29, 0.717) is 4.31 Å². The van der Waals surface area contributed by atoms with Crippen LogP contribution in [0.4, 0.5) is 40.6 Å². The largest absolute Gasteiger partial charge is 0.425 e. The molecule has 26 heteroatoms. The number of rotatable bonds is 13. The topological polar surface area (TPSA) is 303 Å². The highest BCUT2D eigenvalue weighted by atomic mass is 32.2. The minimum Gasteiger partial charge on any atom is -0.324 e. The highest BCUT2D eigenvalue weighted by Crippen LogP contribution is 2.31. The first-order chi connectivity index (χ1) is 24.6. The summed E-state index contributed by atoms with van der Waals surface area (Å²) in [5.74, 6) is -2.72.